The van der Waals surface area contributed by atoms with Crippen LogP contribution in [0.2, 0.25) is 0 Å². The summed E-state index contributed by atoms with van der Waals surface area (Å²) in [5.41, 5.74) is 0. The van der Waals surface area contributed by atoms with Crippen molar-refractivity contribution in [1.82, 2.24) is 0 Å². The molecule has 0 unspecified atom stereocenters. The van der Waals surface area contributed by atoms with Crippen molar-refractivity contribution in [2.45, 2.75) is 0 Å². The average molecular weight is 394 g/mol. The van der Waals surface area contributed by atoms with Crippen LogP contribution in [0.5, 0.6) is 0 Å². The molecule has 0 atom stereocenters. The van der Waals surface area contributed by atoms with Crippen LogP contribution in [0, 0.1) is 7.14 Å². The Morgan fingerprint density at radius 2 is 1.45 bits per heavy atom. The van der Waals surface area contributed by atoms with E-state index in [4.69, 9.17) is 4.79 Å². The first-order valence-electron chi connectivity index (χ1n) is 2.66. The van der Waals surface area contributed by atoms with Gasteiger partial charge in [0.1, 0.15) is 0 Å². The zero-order chi connectivity index (χ0) is 8.69. The Labute approximate surface area is 97.8 Å². The molecule has 0 saturated carbocycles. The third-order valence-corrected chi connectivity index (χ3v) is 3.74. The number of benzene rings is 1. The summed E-state index contributed by atoms with van der Waals surface area (Å²) in [6.07, 6.45) is 0. The van der Waals surface area contributed by atoms with Crippen molar-refractivity contribution >= 4 is 62.5 Å². The van der Waals surface area contributed by atoms with E-state index < -0.39 is 0 Å². The van der Waals surface area contributed by atoms with Crippen LogP contribution in [-0.4, -0.2) is 5.75 Å². The Bertz CT molecular complexity index is 206. The zero-order valence-corrected chi connectivity index (χ0v) is 10.5. The number of hydrogen-bond donors (Lipinski definition) is 0. The predicted molar refractivity (Wildman–Crippen MR) is 64.5 cm³/mol. The third-order valence-electron chi connectivity index (χ3n) is 0.824. The highest BCUT2D eigenvalue weighted by atomic mass is 127. The molecule has 0 aliphatic carbocycles. The number of rotatable bonds is 0. The second-order valence-corrected chi connectivity index (χ2v) is 4.01. The van der Waals surface area contributed by atoms with E-state index >= 15 is 0 Å². The van der Waals surface area contributed by atoms with E-state index in [0.717, 1.165) is 0 Å². The van der Waals surface area contributed by atoms with Crippen molar-refractivity contribution < 1.29 is 4.79 Å². The molecular weight excluding hydrogens is 389 g/mol. The van der Waals surface area contributed by atoms with Crippen LogP contribution >= 0.6 is 56.8 Å². The monoisotopic (exact) mass is 394 g/mol. The maximum absolute atomic E-state index is 8.57. The van der Waals surface area contributed by atoms with E-state index in [-0.39, 0.29) is 5.75 Å². The molecule has 1 nitrogen and oxygen atoms in total. The van der Waals surface area contributed by atoms with Crippen molar-refractivity contribution in [2.24, 2.45) is 0 Å². The Kier molecular flexibility index (Phi) is 7.72. The molecule has 1 aromatic rings. The molecule has 0 bridgehead atoms. The second kappa shape index (κ2) is 7.30. The molecule has 4 heteroatoms. The fraction of sp³-hybridized carbons (Fsp3) is 0. The summed E-state index contributed by atoms with van der Waals surface area (Å²) < 4.78 is 2.65. The van der Waals surface area contributed by atoms with E-state index in [1.807, 2.05) is 12.1 Å². The minimum absolute atomic E-state index is 0.222. The normalized spacial score (nSPS) is 7.91. The lowest BCUT2D eigenvalue weighted by atomic mass is 10.4. The summed E-state index contributed by atoms with van der Waals surface area (Å²) >= 11 is 8.95. The van der Waals surface area contributed by atoms with Gasteiger partial charge in [0.05, 0.1) is 0 Å². The first-order valence-corrected chi connectivity index (χ1v) is 5.25. The van der Waals surface area contributed by atoms with Gasteiger partial charge in [-0.3, -0.25) is 4.79 Å². The molecule has 0 amide bonds. The molecular formula is C7H5ClI2O. The van der Waals surface area contributed by atoms with Gasteiger partial charge in [-0.15, -0.1) is 0 Å². The number of hydrogen-bond acceptors (Lipinski definition) is 1. The van der Waals surface area contributed by atoms with Gasteiger partial charge < -0.3 is 0 Å². The molecule has 0 aromatic heterocycles. The number of carbonyl (C=O) groups is 1. The fourth-order valence-electron chi connectivity index (χ4n) is 0.439. The quantitative estimate of drug-likeness (QED) is 0.375. The Morgan fingerprint density at radius 1 is 1.18 bits per heavy atom. The number of carbonyl (C=O) groups excluding carboxylic acids is 1. The van der Waals surface area contributed by atoms with Gasteiger partial charge in [0.25, 0.3) is 0 Å². The van der Waals surface area contributed by atoms with Crippen LogP contribution in [0.4, 0.5) is 0 Å². The largest absolute Gasteiger partial charge is 0.285 e. The Hall–Kier alpha value is 0.640. The van der Waals surface area contributed by atoms with Gasteiger partial charge in [-0.2, -0.15) is 0 Å². The van der Waals surface area contributed by atoms with Gasteiger partial charge in [-0.25, -0.2) is 0 Å². The molecule has 0 aliphatic heterocycles. The summed E-state index contributed by atoms with van der Waals surface area (Å²) in [4.78, 5) is 8.57. The van der Waals surface area contributed by atoms with Gasteiger partial charge >= 0.3 is 0 Å². The van der Waals surface area contributed by atoms with Gasteiger partial charge in [-0.1, -0.05) is 12.1 Å². The lowest BCUT2D eigenvalue weighted by Crippen LogP contribution is -1.73. The van der Waals surface area contributed by atoms with Crippen LogP contribution < -0.4 is 0 Å². The summed E-state index contributed by atoms with van der Waals surface area (Å²) in [7, 11) is 0. The van der Waals surface area contributed by atoms with Crippen molar-refractivity contribution in [3.05, 3.63) is 31.4 Å². The standard InChI is InChI=1S/C6H4I2.CHClO/c7-5-3-1-2-4-6(5)8;2-1-3/h1-4H;1H. The smallest absolute Gasteiger partial charge is 0.208 e. The van der Waals surface area contributed by atoms with Gasteiger partial charge in [0, 0.05) is 7.14 Å². The molecule has 1 aromatic carbocycles. The van der Waals surface area contributed by atoms with E-state index in [0.29, 0.717) is 0 Å². The molecule has 0 N–H and O–H groups in total. The Morgan fingerprint density at radius 3 is 1.64 bits per heavy atom. The van der Waals surface area contributed by atoms with E-state index in [2.05, 4.69) is 68.9 Å². The van der Waals surface area contributed by atoms with Crippen molar-refractivity contribution in [1.29, 1.82) is 0 Å². The van der Waals surface area contributed by atoms with Crippen LogP contribution in [0.15, 0.2) is 24.3 Å². The van der Waals surface area contributed by atoms with Gasteiger partial charge in [0.2, 0.25) is 5.75 Å². The van der Waals surface area contributed by atoms with Crippen LogP contribution in [0.3, 0.4) is 0 Å². The number of halogens is 3. The van der Waals surface area contributed by atoms with Crippen molar-refractivity contribution in [3.8, 4) is 0 Å². The highest BCUT2D eigenvalue weighted by Gasteiger charge is 1.87. The highest BCUT2D eigenvalue weighted by Crippen LogP contribution is 2.12. The molecule has 0 spiro atoms. The average Bonchev–Trinajstić information content (AvgIpc) is 1.97. The predicted octanol–water partition coefficient (Wildman–Crippen LogP) is 3.31. The van der Waals surface area contributed by atoms with Crippen LogP contribution in [0.25, 0.3) is 0 Å². The first-order chi connectivity index (χ1) is 5.22. The molecule has 0 fully saturated rings. The topological polar surface area (TPSA) is 17.1 Å². The summed E-state index contributed by atoms with van der Waals surface area (Å²) in [5.74, 6) is 0.222. The Balaban J connectivity index is 0.000000292. The zero-order valence-electron chi connectivity index (χ0n) is 5.43. The van der Waals surface area contributed by atoms with Crippen molar-refractivity contribution in [2.75, 3.05) is 0 Å². The molecule has 11 heavy (non-hydrogen) atoms. The maximum Gasteiger partial charge on any atom is 0.208 e. The lowest BCUT2D eigenvalue weighted by molar-refractivity contribution is 0.569. The molecule has 60 valence electrons. The van der Waals surface area contributed by atoms with Gasteiger partial charge in [0.15, 0.2) is 0 Å². The summed E-state index contributed by atoms with van der Waals surface area (Å²) in [6.45, 7) is 0. The highest BCUT2D eigenvalue weighted by molar-refractivity contribution is 14.1. The minimum atomic E-state index is 0.222. The van der Waals surface area contributed by atoms with E-state index in [9.17, 15) is 0 Å². The molecule has 0 saturated heterocycles. The summed E-state index contributed by atoms with van der Waals surface area (Å²) in [6, 6.07) is 8.29. The first kappa shape index (κ1) is 11.6. The van der Waals surface area contributed by atoms with E-state index in [1.165, 1.54) is 7.14 Å². The van der Waals surface area contributed by atoms with Crippen LogP contribution in [0.1, 0.15) is 0 Å². The van der Waals surface area contributed by atoms with Crippen molar-refractivity contribution in [3.63, 3.8) is 0 Å². The van der Waals surface area contributed by atoms with Crippen LogP contribution in [-0.2, 0) is 4.79 Å². The minimum Gasteiger partial charge on any atom is -0.285 e. The summed E-state index contributed by atoms with van der Waals surface area (Å²) in [5, 5.41) is 0. The molecule has 1 rings (SSSR count). The molecule has 0 heterocycles. The maximum atomic E-state index is 8.57. The SMILES string of the molecule is Ic1ccccc1I.O=CCl. The van der Waals surface area contributed by atoms with Gasteiger partial charge in [-0.05, 0) is 68.9 Å². The fourth-order valence-corrected chi connectivity index (χ4v) is 1.21. The van der Waals surface area contributed by atoms with E-state index in [1.54, 1.807) is 0 Å². The second-order valence-electron chi connectivity index (χ2n) is 1.50. The molecule has 0 aliphatic rings. The lowest BCUT2D eigenvalue weighted by Gasteiger charge is -1.89. The third kappa shape index (κ3) is 5.86. The molecule has 0 radical (unpaired) electrons.